The van der Waals surface area contributed by atoms with Crippen molar-refractivity contribution >= 4 is 5.82 Å². The average Bonchev–Trinajstić information content (AvgIpc) is 2.44. The molecule has 0 radical (unpaired) electrons. The Morgan fingerprint density at radius 2 is 1.95 bits per heavy atom. The van der Waals surface area contributed by atoms with Gasteiger partial charge in [-0.2, -0.15) is 0 Å². The molecule has 20 heavy (non-hydrogen) atoms. The van der Waals surface area contributed by atoms with Crippen LogP contribution < -0.4 is 10.2 Å². The largest absolute Gasteiger partial charge is 0.360 e. The fraction of sp³-hybridized carbons (Fsp3) is 0.706. The van der Waals surface area contributed by atoms with Crippen molar-refractivity contribution in [2.75, 3.05) is 18.5 Å². The van der Waals surface area contributed by atoms with E-state index in [1.807, 2.05) is 0 Å². The van der Waals surface area contributed by atoms with E-state index in [0.29, 0.717) is 6.04 Å². The van der Waals surface area contributed by atoms with Crippen LogP contribution in [-0.2, 0) is 13.0 Å². The first-order valence-corrected chi connectivity index (χ1v) is 8.01. The Morgan fingerprint density at radius 1 is 1.20 bits per heavy atom. The highest BCUT2D eigenvalue weighted by Crippen LogP contribution is 2.15. The fourth-order valence-corrected chi connectivity index (χ4v) is 2.15. The van der Waals surface area contributed by atoms with Crippen LogP contribution in [0.3, 0.4) is 0 Å². The summed E-state index contributed by atoms with van der Waals surface area (Å²) in [7, 11) is 2.15. The normalized spacial score (nSPS) is 11.1. The molecule has 0 saturated heterocycles. The number of hydrogen-bond donors (Lipinski definition) is 1. The standard InChI is InChI=1S/C17H31N3/c1-6-8-9-10-20(5)17-12-15(13-18-14(3)4)11-16(7-2)19-17/h11-12,14,18H,6-10,13H2,1-5H3. The highest BCUT2D eigenvalue weighted by atomic mass is 15.2. The van der Waals surface area contributed by atoms with Crippen LogP contribution in [-0.4, -0.2) is 24.6 Å². The minimum atomic E-state index is 0.513. The van der Waals surface area contributed by atoms with Gasteiger partial charge in [-0.05, 0) is 30.5 Å². The van der Waals surface area contributed by atoms with E-state index in [1.165, 1.54) is 30.5 Å². The first kappa shape index (κ1) is 17.0. The van der Waals surface area contributed by atoms with Gasteiger partial charge < -0.3 is 10.2 Å². The number of unbranched alkanes of at least 4 members (excludes halogenated alkanes) is 2. The molecule has 3 nitrogen and oxygen atoms in total. The van der Waals surface area contributed by atoms with E-state index in [2.05, 4.69) is 57.1 Å². The molecular weight excluding hydrogens is 246 g/mol. The highest BCUT2D eigenvalue weighted by Gasteiger charge is 2.07. The van der Waals surface area contributed by atoms with Crippen LogP contribution in [0.2, 0.25) is 0 Å². The lowest BCUT2D eigenvalue weighted by Crippen LogP contribution is -2.23. The Morgan fingerprint density at radius 3 is 2.55 bits per heavy atom. The number of anilines is 1. The minimum absolute atomic E-state index is 0.513. The maximum Gasteiger partial charge on any atom is 0.128 e. The van der Waals surface area contributed by atoms with Gasteiger partial charge in [-0.1, -0.05) is 40.5 Å². The van der Waals surface area contributed by atoms with Gasteiger partial charge in [0, 0.05) is 31.9 Å². The van der Waals surface area contributed by atoms with Crippen LogP contribution >= 0.6 is 0 Å². The molecule has 0 atom stereocenters. The van der Waals surface area contributed by atoms with Crippen molar-refractivity contribution in [1.29, 1.82) is 0 Å². The Labute approximate surface area is 124 Å². The second-order valence-corrected chi connectivity index (χ2v) is 5.84. The van der Waals surface area contributed by atoms with Gasteiger partial charge in [0.15, 0.2) is 0 Å². The summed E-state index contributed by atoms with van der Waals surface area (Å²) in [5.74, 6) is 1.11. The predicted octanol–water partition coefficient (Wildman–Crippen LogP) is 3.77. The van der Waals surface area contributed by atoms with E-state index in [4.69, 9.17) is 4.98 Å². The summed E-state index contributed by atoms with van der Waals surface area (Å²) in [5.41, 5.74) is 2.52. The molecule has 0 aliphatic carbocycles. The van der Waals surface area contributed by atoms with E-state index in [-0.39, 0.29) is 0 Å². The van der Waals surface area contributed by atoms with E-state index < -0.39 is 0 Å². The molecule has 1 rings (SSSR count). The predicted molar refractivity (Wildman–Crippen MR) is 88.4 cm³/mol. The number of aryl methyl sites for hydroxylation is 1. The molecule has 3 heteroatoms. The molecule has 0 amide bonds. The number of aromatic nitrogens is 1. The van der Waals surface area contributed by atoms with E-state index in [9.17, 15) is 0 Å². The second-order valence-electron chi connectivity index (χ2n) is 5.84. The molecule has 1 aromatic heterocycles. The van der Waals surface area contributed by atoms with Crippen LogP contribution in [0.15, 0.2) is 12.1 Å². The lowest BCUT2D eigenvalue weighted by atomic mass is 10.1. The zero-order valence-electron chi connectivity index (χ0n) is 13.9. The van der Waals surface area contributed by atoms with Crippen molar-refractivity contribution < 1.29 is 0 Å². The summed E-state index contributed by atoms with van der Waals surface area (Å²) in [6, 6.07) is 4.96. The number of nitrogens with one attached hydrogen (secondary N) is 1. The van der Waals surface area contributed by atoms with Gasteiger partial charge in [0.1, 0.15) is 5.82 Å². The molecule has 1 heterocycles. The van der Waals surface area contributed by atoms with Gasteiger partial charge in [0.05, 0.1) is 0 Å². The SMILES string of the molecule is CCCCCN(C)c1cc(CNC(C)C)cc(CC)n1. The Bertz CT molecular complexity index is 388. The van der Waals surface area contributed by atoms with Crippen LogP contribution in [0.25, 0.3) is 0 Å². The molecule has 0 unspecified atom stereocenters. The van der Waals surface area contributed by atoms with E-state index in [0.717, 1.165) is 25.3 Å². The zero-order valence-corrected chi connectivity index (χ0v) is 13.9. The van der Waals surface area contributed by atoms with Crippen molar-refractivity contribution in [2.24, 2.45) is 0 Å². The van der Waals surface area contributed by atoms with Gasteiger partial charge >= 0.3 is 0 Å². The van der Waals surface area contributed by atoms with Crippen molar-refractivity contribution in [1.82, 2.24) is 10.3 Å². The van der Waals surface area contributed by atoms with Gasteiger partial charge in [0.2, 0.25) is 0 Å². The molecular formula is C17H31N3. The quantitative estimate of drug-likeness (QED) is 0.696. The smallest absolute Gasteiger partial charge is 0.128 e. The van der Waals surface area contributed by atoms with Crippen LogP contribution in [0.4, 0.5) is 5.82 Å². The molecule has 0 bridgehead atoms. The van der Waals surface area contributed by atoms with Crippen molar-refractivity contribution in [3.8, 4) is 0 Å². The molecule has 0 spiro atoms. The van der Waals surface area contributed by atoms with E-state index >= 15 is 0 Å². The zero-order chi connectivity index (χ0) is 15.0. The maximum absolute atomic E-state index is 4.76. The van der Waals surface area contributed by atoms with Crippen molar-refractivity contribution in [3.63, 3.8) is 0 Å². The van der Waals surface area contributed by atoms with E-state index in [1.54, 1.807) is 0 Å². The number of hydrogen-bond acceptors (Lipinski definition) is 3. The van der Waals surface area contributed by atoms with Crippen LogP contribution in [0.5, 0.6) is 0 Å². The van der Waals surface area contributed by atoms with Gasteiger partial charge in [-0.25, -0.2) is 4.98 Å². The lowest BCUT2D eigenvalue weighted by Gasteiger charge is -2.20. The monoisotopic (exact) mass is 277 g/mol. The third-order valence-electron chi connectivity index (χ3n) is 3.49. The molecule has 0 aliphatic heterocycles. The summed E-state index contributed by atoms with van der Waals surface area (Å²) in [6.07, 6.45) is 4.79. The summed E-state index contributed by atoms with van der Waals surface area (Å²) in [5, 5.41) is 3.49. The second kappa shape index (κ2) is 8.96. The molecule has 0 fully saturated rings. The Kier molecular flexibility index (Phi) is 7.60. The third kappa shape index (κ3) is 5.91. The minimum Gasteiger partial charge on any atom is -0.360 e. The van der Waals surface area contributed by atoms with Crippen molar-refractivity contribution in [3.05, 3.63) is 23.4 Å². The average molecular weight is 277 g/mol. The van der Waals surface area contributed by atoms with Crippen LogP contribution in [0, 0.1) is 0 Å². The first-order chi connectivity index (χ1) is 9.56. The summed E-state index contributed by atoms with van der Waals surface area (Å²) in [4.78, 5) is 7.04. The Balaban J connectivity index is 2.75. The maximum atomic E-state index is 4.76. The molecule has 1 N–H and O–H groups in total. The van der Waals surface area contributed by atoms with Crippen LogP contribution in [0.1, 0.15) is 58.2 Å². The van der Waals surface area contributed by atoms with Crippen molar-refractivity contribution in [2.45, 2.75) is 66.0 Å². The van der Waals surface area contributed by atoms with Gasteiger partial charge in [0.25, 0.3) is 0 Å². The van der Waals surface area contributed by atoms with Gasteiger partial charge in [-0.3, -0.25) is 0 Å². The topological polar surface area (TPSA) is 28.2 Å². The molecule has 0 aliphatic rings. The molecule has 0 aromatic carbocycles. The Hall–Kier alpha value is -1.09. The van der Waals surface area contributed by atoms with Gasteiger partial charge in [-0.15, -0.1) is 0 Å². The molecule has 114 valence electrons. The number of pyridine rings is 1. The summed E-state index contributed by atoms with van der Waals surface area (Å²) in [6.45, 7) is 10.8. The molecule has 0 saturated carbocycles. The lowest BCUT2D eigenvalue weighted by molar-refractivity contribution is 0.588. The third-order valence-corrected chi connectivity index (χ3v) is 3.49. The highest BCUT2D eigenvalue weighted by molar-refractivity contribution is 5.42. The first-order valence-electron chi connectivity index (χ1n) is 8.01. The molecule has 1 aromatic rings. The summed E-state index contributed by atoms with van der Waals surface area (Å²) < 4.78 is 0. The fourth-order valence-electron chi connectivity index (χ4n) is 2.15. The number of rotatable bonds is 9. The summed E-state index contributed by atoms with van der Waals surface area (Å²) >= 11 is 0. The number of nitrogens with zero attached hydrogens (tertiary/aromatic N) is 2.